The predicted molar refractivity (Wildman–Crippen MR) is 93.6 cm³/mol. The smallest absolute Gasteiger partial charge is 0.256 e. The SMILES string of the molecule is N#CC1CCC(CNC(=O)c2cc(Br)cnc2OCC2CC2)CC1. The van der Waals surface area contributed by atoms with Gasteiger partial charge in [-0.3, -0.25) is 4.79 Å². The molecule has 0 radical (unpaired) electrons. The number of nitriles is 1. The van der Waals surface area contributed by atoms with Crippen LogP contribution in [0.3, 0.4) is 0 Å². The molecule has 0 bridgehead atoms. The molecule has 2 saturated carbocycles. The molecular formula is C18H22BrN3O2. The third kappa shape index (κ3) is 4.70. The predicted octanol–water partition coefficient (Wildman–Crippen LogP) is 3.69. The van der Waals surface area contributed by atoms with Gasteiger partial charge in [-0.2, -0.15) is 5.26 Å². The summed E-state index contributed by atoms with van der Waals surface area (Å²) in [4.78, 5) is 16.8. The number of halogens is 1. The van der Waals surface area contributed by atoms with Crippen molar-refractivity contribution < 1.29 is 9.53 Å². The molecule has 1 N–H and O–H groups in total. The van der Waals surface area contributed by atoms with E-state index in [2.05, 4.69) is 32.3 Å². The maximum Gasteiger partial charge on any atom is 0.256 e. The van der Waals surface area contributed by atoms with Crippen molar-refractivity contribution in [1.82, 2.24) is 10.3 Å². The molecular weight excluding hydrogens is 370 g/mol. The van der Waals surface area contributed by atoms with Crippen LogP contribution in [0.1, 0.15) is 48.9 Å². The number of pyridine rings is 1. The molecule has 0 unspecified atom stereocenters. The van der Waals surface area contributed by atoms with E-state index in [1.54, 1.807) is 12.3 Å². The van der Waals surface area contributed by atoms with Gasteiger partial charge in [-0.15, -0.1) is 0 Å². The fourth-order valence-electron chi connectivity index (χ4n) is 3.01. The highest BCUT2D eigenvalue weighted by Gasteiger charge is 2.25. The minimum absolute atomic E-state index is 0.142. The summed E-state index contributed by atoms with van der Waals surface area (Å²) in [5.41, 5.74) is 0.482. The van der Waals surface area contributed by atoms with E-state index in [0.717, 1.165) is 30.2 Å². The number of carbonyl (C=O) groups excluding carboxylic acids is 1. The van der Waals surface area contributed by atoms with Crippen LogP contribution >= 0.6 is 15.9 Å². The van der Waals surface area contributed by atoms with Crippen LogP contribution in [0.15, 0.2) is 16.7 Å². The number of nitrogens with one attached hydrogen (secondary N) is 1. The Hall–Kier alpha value is -1.61. The number of nitrogens with zero attached hydrogens (tertiary/aromatic N) is 2. The monoisotopic (exact) mass is 391 g/mol. The topological polar surface area (TPSA) is 75.0 Å². The zero-order chi connectivity index (χ0) is 16.9. The first-order valence-corrected chi connectivity index (χ1v) is 9.41. The van der Waals surface area contributed by atoms with Gasteiger partial charge in [0, 0.05) is 23.1 Å². The molecule has 1 amide bonds. The van der Waals surface area contributed by atoms with Crippen LogP contribution in [-0.4, -0.2) is 24.0 Å². The van der Waals surface area contributed by atoms with Crippen LogP contribution in [-0.2, 0) is 0 Å². The summed E-state index contributed by atoms with van der Waals surface area (Å²) in [5.74, 6) is 1.53. The zero-order valence-electron chi connectivity index (χ0n) is 13.6. The van der Waals surface area contributed by atoms with E-state index < -0.39 is 0 Å². The van der Waals surface area contributed by atoms with Crippen LogP contribution in [0, 0.1) is 29.1 Å². The van der Waals surface area contributed by atoms with E-state index in [0.29, 0.717) is 36.4 Å². The molecule has 0 aliphatic heterocycles. The van der Waals surface area contributed by atoms with Crippen LogP contribution in [0.25, 0.3) is 0 Å². The molecule has 0 saturated heterocycles. The van der Waals surface area contributed by atoms with Crippen molar-refractivity contribution in [3.05, 3.63) is 22.3 Å². The second-order valence-electron chi connectivity index (χ2n) is 6.82. The summed E-state index contributed by atoms with van der Waals surface area (Å²) >= 11 is 3.37. The Labute approximate surface area is 150 Å². The number of hydrogen-bond donors (Lipinski definition) is 1. The highest BCUT2D eigenvalue weighted by molar-refractivity contribution is 9.10. The number of ether oxygens (including phenoxy) is 1. The van der Waals surface area contributed by atoms with Crippen molar-refractivity contribution in [2.75, 3.05) is 13.2 Å². The van der Waals surface area contributed by atoms with Gasteiger partial charge in [-0.1, -0.05) is 0 Å². The fourth-order valence-corrected chi connectivity index (χ4v) is 3.34. The zero-order valence-corrected chi connectivity index (χ0v) is 15.2. The number of amides is 1. The van der Waals surface area contributed by atoms with E-state index in [1.807, 2.05) is 0 Å². The molecule has 2 aliphatic carbocycles. The van der Waals surface area contributed by atoms with Crippen molar-refractivity contribution in [3.63, 3.8) is 0 Å². The maximum atomic E-state index is 12.5. The Balaban J connectivity index is 1.55. The quantitative estimate of drug-likeness (QED) is 0.801. The minimum atomic E-state index is -0.142. The molecule has 0 spiro atoms. The Bertz CT molecular complexity index is 632. The van der Waals surface area contributed by atoms with E-state index in [9.17, 15) is 4.79 Å². The Morgan fingerprint density at radius 1 is 1.29 bits per heavy atom. The maximum absolute atomic E-state index is 12.5. The molecule has 2 aliphatic rings. The van der Waals surface area contributed by atoms with Crippen LogP contribution in [0.5, 0.6) is 5.88 Å². The van der Waals surface area contributed by atoms with Crippen LogP contribution in [0.4, 0.5) is 0 Å². The van der Waals surface area contributed by atoms with Gasteiger partial charge in [0.25, 0.3) is 5.91 Å². The molecule has 1 aromatic rings. The summed E-state index contributed by atoms with van der Waals surface area (Å²) in [6.45, 7) is 1.28. The molecule has 1 aromatic heterocycles. The van der Waals surface area contributed by atoms with Crippen molar-refractivity contribution in [2.24, 2.45) is 17.8 Å². The van der Waals surface area contributed by atoms with Gasteiger partial charge in [0.15, 0.2) is 0 Å². The molecule has 6 heteroatoms. The fraction of sp³-hybridized carbons (Fsp3) is 0.611. The second kappa shape index (κ2) is 7.98. The minimum Gasteiger partial charge on any atom is -0.477 e. The average Bonchev–Trinajstić information content (AvgIpc) is 3.43. The van der Waals surface area contributed by atoms with Crippen molar-refractivity contribution >= 4 is 21.8 Å². The first-order chi connectivity index (χ1) is 11.7. The number of hydrogen-bond acceptors (Lipinski definition) is 4. The van der Waals surface area contributed by atoms with Gasteiger partial charge in [-0.25, -0.2) is 4.98 Å². The Kier molecular flexibility index (Phi) is 5.72. The second-order valence-corrected chi connectivity index (χ2v) is 7.73. The lowest BCUT2D eigenvalue weighted by Gasteiger charge is -2.24. The molecule has 2 fully saturated rings. The summed E-state index contributed by atoms with van der Waals surface area (Å²) in [6, 6.07) is 4.10. The van der Waals surface area contributed by atoms with Gasteiger partial charge >= 0.3 is 0 Å². The highest BCUT2D eigenvalue weighted by Crippen LogP contribution is 2.30. The molecule has 5 nitrogen and oxygen atoms in total. The van der Waals surface area contributed by atoms with Gasteiger partial charge in [0.1, 0.15) is 5.56 Å². The first-order valence-electron chi connectivity index (χ1n) is 8.62. The van der Waals surface area contributed by atoms with E-state index in [-0.39, 0.29) is 11.8 Å². The van der Waals surface area contributed by atoms with Crippen LogP contribution in [0.2, 0.25) is 0 Å². The lowest BCUT2D eigenvalue weighted by atomic mass is 9.83. The van der Waals surface area contributed by atoms with Crippen molar-refractivity contribution in [1.29, 1.82) is 5.26 Å². The first kappa shape index (κ1) is 17.2. The molecule has 0 aromatic carbocycles. The molecule has 1 heterocycles. The number of carbonyl (C=O) groups is 1. The largest absolute Gasteiger partial charge is 0.477 e. The molecule has 128 valence electrons. The Morgan fingerprint density at radius 2 is 2.00 bits per heavy atom. The summed E-state index contributed by atoms with van der Waals surface area (Å²) in [7, 11) is 0. The third-order valence-corrected chi connectivity index (χ3v) is 5.23. The lowest BCUT2D eigenvalue weighted by Crippen LogP contribution is -2.31. The van der Waals surface area contributed by atoms with E-state index in [1.165, 1.54) is 12.8 Å². The summed E-state index contributed by atoms with van der Waals surface area (Å²) in [5, 5.41) is 12.0. The van der Waals surface area contributed by atoms with Crippen molar-refractivity contribution in [2.45, 2.75) is 38.5 Å². The van der Waals surface area contributed by atoms with Gasteiger partial charge < -0.3 is 10.1 Å². The Morgan fingerprint density at radius 3 is 2.67 bits per heavy atom. The standard InChI is InChI=1S/C18H22BrN3O2/c19-15-7-16(18(22-10-15)24-11-14-5-6-14)17(23)21-9-13-3-1-12(8-20)2-4-13/h7,10,12-14H,1-6,9,11H2,(H,21,23). The lowest BCUT2D eigenvalue weighted by molar-refractivity contribution is 0.0937. The summed E-state index contributed by atoms with van der Waals surface area (Å²) < 4.78 is 6.49. The van der Waals surface area contributed by atoms with Gasteiger partial charge in [0.05, 0.1) is 12.7 Å². The molecule has 3 rings (SSSR count). The molecule has 0 atom stereocenters. The normalized spacial score (nSPS) is 23.3. The average molecular weight is 392 g/mol. The third-order valence-electron chi connectivity index (χ3n) is 4.80. The molecule has 24 heavy (non-hydrogen) atoms. The van der Waals surface area contributed by atoms with Crippen LogP contribution < -0.4 is 10.1 Å². The van der Waals surface area contributed by atoms with E-state index in [4.69, 9.17) is 10.00 Å². The number of aromatic nitrogens is 1. The van der Waals surface area contributed by atoms with E-state index >= 15 is 0 Å². The highest BCUT2D eigenvalue weighted by atomic mass is 79.9. The number of rotatable bonds is 6. The summed E-state index contributed by atoms with van der Waals surface area (Å²) in [6.07, 6.45) is 7.92. The van der Waals surface area contributed by atoms with Gasteiger partial charge in [0.2, 0.25) is 5.88 Å². The van der Waals surface area contributed by atoms with Crippen molar-refractivity contribution in [3.8, 4) is 11.9 Å². The van der Waals surface area contributed by atoms with Gasteiger partial charge in [-0.05, 0) is 72.4 Å².